The molecule has 0 unspecified atom stereocenters. The summed E-state index contributed by atoms with van der Waals surface area (Å²) >= 11 is 0. The van der Waals surface area contributed by atoms with Gasteiger partial charge in [-0.3, -0.25) is 18.8 Å². The third-order valence-electron chi connectivity index (χ3n) is 4.90. The summed E-state index contributed by atoms with van der Waals surface area (Å²) in [6.07, 6.45) is 3.95. The Kier molecular flexibility index (Phi) is 7.57. The predicted molar refractivity (Wildman–Crippen MR) is 133 cm³/mol. The smallest absolute Gasteiger partial charge is 0.261 e. The summed E-state index contributed by atoms with van der Waals surface area (Å²) in [5.74, 6) is -0.280. The van der Waals surface area contributed by atoms with Crippen LogP contribution in [-0.4, -0.2) is 40.5 Å². The molecule has 0 fully saturated rings. The fourth-order valence-corrected chi connectivity index (χ4v) is 5.01. The fraction of sp³-hybridized carbons (Fsp3) is 0.217. The first-order valence-corrected chi connectivity index (χ1v) is 13.7. The van der Waals surface area contributed by atoms with Crippen LogP contribution < -0.4 is 14.3 Å². The van der Waals surface area contributed by atoms with Crippen LogP contribution in [-0.2, 0) is 24.8 Å². The number of carbonyl (C=O) groups excluding carboxylic acids is 1. The molecule has 0 aliphatic heterocycles. The highest BCUT2D eigenvalue weighted by molar-refractivity contribution is 7.92. The molecule has 0 radical (unpaired) electrons. The average molecular weight is 503 g/mol. The predicted octanol–water partition coefficient (Wildman–Crippen LogP) is 3.41. The Bertz CT molecular complexity index is 1340. The van der Waals surface area contributed by atoms with E-state index in [4.69, 9.17) is 0 Å². The van der Waals surface area contributed by atoms with Gasteiger partial charge in [-0.05, 0) is 60.0 Å². The molecule has 3 rings (SSSR count). The van der Waals surface area contributed by atoms with Crippen molar-refractivity contribution in [2.45, 2.75) is 24.7 Å². The SMILES string of the molecule is CC(C)c1ccc(N(CC(=O)Nc2ccc(S(=O)(=O)Nc3cccnc3)cc2)S(C)(=O)=O)cc1. The third-order valence-corrected chi connectivity index (χ3v) is 7.44. The van der Waals surface area contributed by atoms with Gasteiger partial charge in [-0.1, -0.05) is 26.0 Å². The number of hydrogen-bond acceptors (Lipinski definition) is 6. The molecule has 9 nitrogen and oxygen atoms in total. The number of amides is 1. The lowest BCUT2D eigenvalue weighted by Crippen LogP contribution is -2.37. The van der Waals surface area contributed by atoms with Gasteiger partial charge >= 0.3 is 0 Å². The summed E-state index contributed by atoms with van der Waals surface area (Å²) in [7, 11) is -7.55. The number of nitrogens with zero attached hydrogens (tertiary/aromatic N) is 2. The molecule has 0 aliphatic rings. The van der Waals surface area contributed by atoms with Crippen LogP contribution in [0.4, 0.5) is 17.1 Å². The summed E-state index contributed by atoms with van der Waals surface area (Å²) in [6, 6.07) is 15.7. The summed E-state index contributed by atoms with van der Waals surface area (Å²) in [4.78, 5) is 16.4. The lowest BCUT2D eigenvalue weighted by atomic mass is 10.0. The number of hydrogen-bond donors (Lipinski definition) is 2. The highest BCUT2D eigenvalue weighted by Crippen LogP contribution is 2.22. The van der Waals surface area contributed by atoms with Gasteiger partial charge in [0.1, 0.15) is 6.54 Å². The van der Waals surface area contributed by atoms with Crippen LogP contribution in [0.5, 0.6) is 0 Å². The molecule has 0 saturated carbocycles. The zero-order valence-electron chi connectivity index (χ0n) is 19.0. The molecule has 0 bridgehead atoms. The van der Waals surface area contributed by atoms with E-state index in [0.717, 1.165) is 16.1 Å². The zero-order chi connectivity index (χ0) is 24.9. The summed E-state index contributed by atoms with van der Waals surface area (Å²) in [5.41, 5.74) is 2.08. The van der Waals surface area contributed by atoms with Crippen LogP contribution in [0.3, 0.4) is 0 Å². The minimum Gasteiger partial charge on any atom is -0.325 e. The Morgan fingerprint density at radius 3 is 2.12 bits per heavy atom. The van der Waals surface area contributed by atoms with Gasteiger partial charge < -0.3 is 5.32 Å². The van der Waals surface area contributed by atoms with Crippen LogP contribution in [0.15, 0.2) is 78.0 Å². The van der Waals surface area contributed by atoms with Crippen molar-refractivity contribution in [2.75, 3.05) is 27.1 Å². The zero-order valence-corrected chi connectivity index (χ0v) is 20.6. The van der Waals surface area contributed by atoms with Crippen molar-refractivity contribution in [1.29, 1.82) is 0 Å². The van der Waals surface area contributed by atoms with E-state index in [2.05, 4.69) is 15.0 Å². The van der Waals surface area contributed by atoms with E-state index < -0.39 is 32.5 Å². The van der Waals surface area contributed by atoms with Crippen LogP contribution in [0.2, 0.25) is 0 Å². The number of anilines is 3. The van der Waals surface area contributed by atoms with Crippen LogP contribution in [0, 0.1) is 0 Å². The molecule has 11 heteroatoms. The number of nitrogens with one attached hydrogen (secondary N) is 2. The van der Waals surface area contributed by atoms with Crippen molar-refractivity contribution >= 4 is 43.0 Å². The third kappa shape index (κ3) is 6.55. The largest absolute Gasteiger partial charge is 0.325 e. The molecule has 180 valence electrons. The summed E-state index contributed by atoms with van der Waals surface area (Å²) in [5, 5.41) is 2.60. The van der Waals surface area contributed by atoms with Crippen LogP contribution in [0.25, 0.3) is 0 Å². The van der Waals surface area contributed by atoms with E-state index >= 15 is 0 Å². The lowest BCUT2D eigenvalue weighted by Gasteiger charge is -2.22. The summed E-state index contributed by atoms with van der Waals surface area (Å²) in [6.45, 7) is 3.63. The van der Waals surface area contributed by atoms with Crippen molar-refractivity contribution in [1.82, 2.24) is 4.98 Å². The highest BCUT2D eigenvalue weighted by Gasteiger charge is 2.21. The number of rotatable bonds is 9. The van der Waals surface area contributed by atoms with Gasteiger partial charge in [0.15, 0.2) is 0 Å². The van der Waals surface area contributed by atoms with E-state index in [-0.39, 0.29) is 10.8 Å². The van der Waals surface area contributed by atoms with Gasteiger partial charge in [0, 0.05) is 11.9 Å². The van der Waals surface area contributed by atoms with Crippen LogP contribution in [0.1, 0.15) is 25.3 Å². The number of sulfonamides is 2. The van der Waals surface area contributed by atoms with Gasteiger partial charge in [-0.25, -0.2) is 16.8 Å². The fourth-order valence-electron chi connectivity index (χ4n) is 3.11. The second kappa shape index (κ2) is 10.2. The highest BCUT2D eigenvalue weighted by atomic mass is 32.2. The minimum absolute atomic E-state index is 0.00245. The number of aromatic nitrogens is 1. The molecular formula is C23H26N4O5S2. The van der Waals surface area contributed by atoms with Crippen LogP contribution >= 0.6 is 0 Å². The van der Waals surface area contributed by atoms with E-state index in [1.54, 1.807) is 24.3 Å². The molecule has 0 aliphatic carbocycles. The van der Waals surface area contributed by atoms with Crippen molar-refractivity contribution in [3.05, 3.63) is 78.6 Å². The summed E-state index contributed by atoms with van der Waals surface area (Å²) < 4.78 is 53.1. The van der Waals surface area contributed by atoms with Gasteiger partial charge in [-0.2, -0.15) is 0 Å². The minimum atomic E-state index is -3.83. The number of pyridine rings is 1. The Balaban J connectivity index is 1.70. The van der Waals surface area contributed by atoms with E-state index in [0.29, 0.717) is 17.1 Å². The Labute approximate surface area is 199 Å². The van der Waals surface area contributed by atoms with Gasteiger partial charge in [-0.15, -0.1) is 0 Å². The maximum atomic E-state index is 12.6. The maximum Gasteiger partial charge on any atom is 0.261 e. The lowest BCUT2D eigenvalue weighted by molar-refractivity contribution is -0.114. The van der Waals surface area contributed by atoms with Crippen molar-refractivity contribution in [3.8, 4) is 0 Å². The molecule has 1 amide bonds. The van der Waals surface area contributed by atoms with Crippen molar-refractivity contribution < 1.29 is 21.6 Å². The normalized spacial score (nSPS) is 11.8. The Hall–Kier alpha value is -3.44. The first-order chi connectivity index (χ1) is 16.0. The first kappa shape index (κ1) is 25.2. The number of carbonyl (C=O) groups is 1. The Morgan fingerprint density at radius 2 is 1.59 bits per heavy atom. The second-order valence-corrected chi connectivity index (χ2v) is 11.5. The molecule has 34 heavy (non-hydrogen) atoms. The van der Waals surface area contributed by atoms with Gasteiger partial charge in [0.25, 0.3) is 10.0 Å². The molecule has 0 atom stereocenters. The molecule has 0 spiro atoms. The molecule has 1 aromatic heterocycles. The van der Waals surface area contributed by atoms with Crippen molar-refractivity contribution in [2.24, 2.45) is 0 Å². The first-order valence-electron chi connectivity index (χ1n) is 10.4. The molecule has 3 aromatic rings. The Morgan fingerprint density at radius 1 is 0.941 bits per heavy atom. The molecule has 2 N–H and O–H groups in total. The monoisotopic (exact) mass is 502 g/mol. The molecule has 1 heterocycles. The van der Waals surface area contributed by atoms with Gasteiger partial charge in [0.05, 0.1) is 28.7 Å². The topological polar surface area (TPSA) is 126 Å². The average Bonchev–Trinajstić information content (AvgIpc) is 2.77. The molecule has 2 aromatic carbocycles. The molecule has 0 saturated heterocycles. The van der Waals surface area contributed by atoms with E-state index in [1.165, 1.54) is 36.7 Å². The van der Waals surface area contributed by atoms with Gasteiger partial charge in [0.2, 0.25) is 15.9 Å². The maximum absolute atomic E-state index is 12.6. The second-order valence-electron chi connectivity index (χ2n) is 7.94. The quantitative estimate of drug-likeness (QED) is 0.462. The number of benzene rings is 2. The van der Waals surface area contributed by atoms with E-state index in [1.807, 2.05) is 26.0 Å². The standard InChI is InChI=1S/C23H26N4O5S2/c1-17(2)18-6-10-21(11-7-18)27(33(3,29)30)16-23(28)25-19-8-12-22(13-9-19)34(31,32)26-20-5-4-14-24-15-20/h4-15,17,26H,16H2,1-3H3,(H,25,28). The molecular weight excluding hydrogens is 476 g/mol. The van der Waals surface area contributed by atoms with E-state index in [9.17, 15) is 21.6 Å². The van der Waals surface area contributed by atoms with Crippen molar-refractivity contribution in [3.63, 3.8) is 0 Å².